The predicted octanol–water partition coefficient (Wildman–Crippen LogP) is 2.96. The molecule has 1 aromatic heterocycles. The fourth-order valence-electron chi connectivity index (χ4n) is 1.49. The summed E-state index contributed by atoms with van der Waals surface area (Å²) in [6.07, 6.45) is -3.87. The second-order valence-corrected chi connectivity index (χ2v) is 4.60. The van der Waals surface area contributed by atoms with E-state index in [0.29, 0.717) is 22.6 Å². The van der Waals surface area contributed by atoms with Crippen molar-refractivity contribution in [3.8, 4) is 0 Å². The summed E-state index contributed by atoms with van der Waals surface area (Å²) in [6.45, 7) is 0. The summed E-state index contributed by atoms with van der Waals surface area (Å²) in [4.78, 5) is 10.4. The van der Waals surface area contributed by atoms with Crippen LogP contribution in [0.5, 0.6) is 0 Å². The minimum atomic E-state index is -4.32. The van der Waals surface area contributed by atoms with Gasteiger partial charge in [0.2, 0.25) is 0 Å². The van der Waals surface area contributed by atoms with Crippen molar-refractivity contribution in [2.24, 2.45) is 5.92 Å². The highest BCUT2D eigenvalue weighted by atomic mass is 32.1. The molecule has 0 aromatic carbocycles. The van der Waals surface area contributed by atoms with Crippen LogP contribution in [-0.4, -0.2) is 11.1 Å². The van der Waals surface area contributed by atoms with Gasteiger partial charge in [-0.25, -0.2) is 0 Å². The highest BCUT2D eigenvalue weighted by molar-refractivity contribution is 7.12. The topological polar surface area (TPSA) is 37.3 Å². The van der Waals surface area contributed by atoms with E-state index >= 15 is 0 Å². The van der Waals surface area contributed by atoms with Crippen LogP contribution in [-0.2, 0) is 11.0 Å². The molecule has 0 radical (unpaired) electrons. The molecule has 1 aliphatic rings. The average Bonchev–Trinajstić information content (AvgIpc) is 2.74. The second kappa shape index (κ2) is 3.23. The number of halogens is 3. The fourth-order valence-corrected chi connectivity index (χ4v) is 2.54. The van der Waals surface area contributed by atoms with Crippen LogP contribution >= 0.6 is 11.3 Å². The lowest BCUT2D eigenvalue weighted by atomic mass is 10.2. The van der Waals surface area contributed by atoms with Crippen LogP contribution < -0.4 is 0 Å². The summed E-state index contributed by atoms with van der Waals surface area (Å²) < 4.78 is 36.7. The molecule has 0 spiro atoms. The van der Waals surface area contributed by atoms with E-state index in [4.69, 9.17) is 5.11 Å². The number of rotatable bonds is 2. The molecule has 0 saturated heterocycles. The number of thiophene rings is 1. The maximum Gasteiger partial charge on any atom is 0.425 e. The van der Waals surface area contributed by atoms with Crippen LogP contribution in [0.25, 0.3) is 0 Å². The largest absolute Gasteiger partial charge is 0.481 e. The van der Waals surface area contributed by atoms with Crippen molar-refractivity contribution in [1.29, 1.82) is 0 Å². The Morgan fingerprint density at radius 1 is 1.47 bits per heavy atom. The van der Waals surface area contributed by atoms with Crippen molar-refractivity contribution >= 4 is 17.3 Å². The molecule has 0 aliphatic heterocycles. The van der Waals surface area contributed by atoms with Gasteiger partial charge >= 0.3 is 12.1 Å². The number of carboxylic acids is 1. The van der Waals surface area contributed by atoms with Crippen LogP contribution in [0.2, 0.25) is 0 Å². The highest BCUT2D eigenvalue weighted by Gasteiger charge is 2.46. The van der Waals surface area contributed by atoms with Crippen LogP contribution in [0, 0.1) is 5.92 Å². The zero-order chi connectivity index (χ0) is 11.2. The summed E-state index contributed by atoms with van der Waals surface area (Å²) in [5, 5.41) is 8.63. The molecule has 0 unspecified atom stereocenters. The molecule has 2 atom stereocenters. The third-order valence-electron chi connectivity index (χ3n) is 2.38. The molecule has 2 rings (SSSR count). The quantitative estimate of drug-likeness (QED) is 0.857. The number of alkyl halides is 3. The van der Waals surface area contributed by atoms with Crippen molar-refractivity contribution < 1.29 is 23.1 Å². The molecule has 1 fully saturated rings. The van der Waals surface area contributed by atoms with Gasteiger partial charge in [-0.15, -0.1) is 11.3 Å². The van der Waals surface area contributed by atoms with Gasteiger partial charge in [0, 0.05) is 10.8 Å². The Morgan fingerprint density at radius 2 is 2.13 bits per heavy atom. The zero-order valence-electron chi connectivity index (χ0n) is 7.41. The lowest BCUT2D eigenvalue weighted by Crippen LogP contribution is -2.00. The smallest absolute Gasteiger partial charge is 0.425 e. The number of hydrogen-bond donors (Lipinski definition) is 1. The van der Waals surface area contributed by atoms with Crippen molar-refractivity contribution in [3.05, 3.63) is 21.9 Å². The average molecular weight is 236 g/mol. The molecule has 1 saturated carbocycles. The summed E-state index contributed by atoms with van der Waals surface area (Å²) in [5.41, 5.74) is 0. The molecule has 0 amide bonds. The van der Waals surface area contributed by atoms with Crippen molar-refractivity contribution in [2.45, 2.75) is 18.5 Å². The number of aliphatic carboxylic acids is 1. The number of carboxylic acid groups (broad SMARTS) is 1. The van der Waals surface area contributed by atoms with Gasteiger partial charge in [0.15, 0.2) is 0 Å². The summed E-state index contributed by atoms with van der Waals surface area (Å²) in [7, 11) is 0. The van der Waals surface area contributed by atoms with E-state index in [1.807, 2.05) is 0 Å². The van der Waals surface area contributed by atoms with E-state index in [-0.39, 0.29) is 5.92 Å². The highest BCUT2D eigenvalue weighted by Crippen LogP contribution is 2.51. The molecule has 0 bridgehead atoms. The molecular formula is C9H7F3O2S. The van der Waals surface area contributed by atoms with Crippen LogP contribution in [0.15, 0.2) is 12.1 Å². The standard InChI is InChI=1S/C9H7F3O2S/c10-9(11,12)7-2-1-6(15-7)4-3-5(4)8(13)14/h1-2,4-5H,3H2,(H,13,14)/t4-,5-/m1/s1. The first-order chi connectivity index (χ1) is 6.89. The summed E-state index contributed by atoms with van der Waals surface area (Å²) in [6, 6.07) is 2.39. The minimum Gasteiger partial charge on any atom is -0.481 e. The van der Waals surface area contributed by atoms with Gasteiger partial charge in [-0.1, -0.05) is 0 Å². The van der Waals surface area contributed by atoms with Gasteiger partial charge in [-0.3, -0.25) is 4.79 Å². The van der Waals surface area contributed by atoms with Gasteiger partial charge < -0.3 is 5.11 Å². The van der Waals surface area contributed by atoms with Crippen molar-refractivity contribution in [1.82, 2.24) is 0 Å². The Labute approximate surface area is 87.3 Å². The summed E-state index contributed by atoms with van der Waals surface area (Å²) >= 11 is 0.643. The summed E-state index contributed by atoms with van der Waals surface area (Å²) in [5.74, 6) is -1.64. The lowest BCUT2D eigenvalue weighted by Gasteiger charge is -2.00. The first-order valence-corrected chi connectivity index (χ1v) is 5.11. The molecular weight excluding hydrogens is 229 g/mol. The first kappa shape index (κ1) is 10.5. The van der Waals surface area contributed by atoms with E-state index in [1.165, 1.54) is 6.07 Å². The van der Waals surface area contributed by atoms with Gasteiger partial charge in [0.1, 0.15) is 4.88 Å². The molecule has 1 aromatic rings. The van der Waals surface area contributed by atoms with Crippen molar-refractivity contribution in [3.63, 3.8) is 0 Å². The van der Waals surface area contributed by atoms with E-state index in [2.05, 4.69) is 0 Å². The molecule has 6 heteroatoms. The van der Waals surface area contributed by atoms with Gasteiger partial charge in [0.25, 0.3) is 0 Å². The Bertz CT molecular complexity index is 396. The van der Waals surface area contributed by atoms with Gasteiger partial charge in [0.05, 0.1) is 5.92 Å². The Balaban J connectivity index is 2.13. The first-order valence-electron chi connectivity index (χ1n) is 4.29. The van der Waals surface area contributed by atoms with E-state index in [0.717, 1.165) is 6.07 Å². The molecule has 1 N–H and O–H groups in total. The van der Waals surface area contributed by atoms with E-state index < -0.39 is 22.9 Å². The van der Waals surface area contributed by atoms with E-state index in [1.54, 1.807) is 0 Å². The third-order valence-corrected chi connectivity index (χ3v) is 3.64. The zero-order valence-corrected chi connectivity index (χ0v) is 8.23. The predicted molar refractivity (Wildman–Crippen MR) is 47.8 cm³/mol. The Hall–Kier alpha value is -1.04. The number of carbonyl (C=O) groups is 1. The monoisotopic (exact) mass is 236 g/mol. The normalized spacial score (nSPS) is 25.3. The maximum atomic E-state index is 12.2. The minimum absolute atomic E-state index is 0.219. The van der Waals surface area contributed by atoms with Gasteiger partial charge in [-0.05, 0) is 18.6 Å². The molecule has 1 heterocycles. The van der Waals surface area contributed by atoms with E-state index in [9.17, 15) is 18.0 Å². The third kappa shape index (κ3) is 1.99. The SMILES string of the molecule is O=C(O)[C@@H]1C[C@H]1c1ccc(C(F)(F)F)s1. The maximum absolute atomic E-state index is 12.2. The molecule has 2 nitrogen and oxygen atoms in total. The second-order valence-electron chi connectivity index (χ2n) is 3.49. The molecule has 1 aliphatic carbocycles. The Morgan fingerprint density at radius 3 is 2.53 bits per heavy atom. The van der Waals surface area contributed by atoms with Crippen molar-refractivity contribution in [2.75, 3.05) is 0 Å². The molecule has 15 heavy (non-hydrogen) atoms. The molecule has 82 valence electrons. The fraction of sp³-hybridized carbons (Fsp3) is 0.444. The van der Waals surface area contributed by atoms with Crippen LogP contribution in [0.4, 0.5) is 13.2 Å². The number of hydrogen-bond acceptors (Lipinski definition) is 2. The van der Waals surface area contributed by atoms with Gasteiger partial charge in [-0.2, -0.15) is 13.2 Å². The Kier molecular flexibility index (Phi) is 2.26. The van der Waals surface area contributed by atoms with Crippen LogP contribution in [0.3, 0.4) is 0 Å². The lowest BCUT2D eigenvalue weighted by molar-refractivity contribution is -0.138. The van der Waals surface area contributed by atoms with Crippen LogP contribution in [0.1, 0.15) is 22.1 Å².